The van der Waals surface area contributed by atoms with E-state index in [-0.39, 0.29) is 32.2 Å². The zero-order valence-electron chi connectivity index (χ0n) is 40.1. The van der Waals surface area contributed by atoms with Gasteiger partial charge < -0.3 is 27.9 Å². The molecule has 0 aliphatic carbocycles. The first-order valence-electron chi connectivity index (χ1n) is 24.7. The number of likely N-dealkylation sites (N-methyl/N-ethyl adjacent to an activating group) is 1. The minimum atomic E-state index is -4.54. The first-order chi connectivity index (χ1) is 29.6. The molecular weight excluding hydrogens is 782 g/mol. The standard InChI is InChI=1S/C52H94NO7P/c1-6-8-10-12-14-16-18-20-22-23-24-25-26-27-28-29-30-32-34-36-38-40-42-44-47-57-49-51(50-59-61(55,56)58-48-46-53(3,4)5)60-52(54)45-43-41-39-37-35-33-31-21-19-17-15-13-11-9-7-2/h9,11,15,17-18,20-21,23-24,26-27,31,51H,6-8,10,12-14,16,19,22,25,28-30,32-50H2,1-5H3/b11-9-,17-15-,20-18-,24-23-,27-26-,31-21-. The first-order valence-corrected chi connectivity index (χ1v) is 26.1. The highest BCUT2D eigenvalue weighted by molar-refractivity contribution is 7.45. The van der Waals surface area contributed by atoms with E-state index in [9.17, 15) is 14.3 Å². The number of phosphoric ester groups is 1. The predicted molar refractivity (Wildman–Crippen MR) is 259 cm³/mol. The lowest BCUT2D eigenvalue weighted by molar-refractivity contribution is -0.870. The van der Waals surface area contributed by atoms with Crippen LogP contribution in [-0.4, -0.2) is 70.7 Å². The third kappa shape index (κ3) is 48.8. The molecule has 0 aromatic carbocycles. The van der Waals surface area contributed by atoms with Gasteiger partial charge in [0.15, 0.2) is 0 Å². The number of allylic oxidation sites excluding steroid dienone is 12. The molecule has 0 saturated carbocycles. The van der Waals surface area contributed by atoms with Crippen molar-refractivity contribution in [1.82, 2.24) is 0 Å². The summed E-state index contributed by atoms with van der Waals surface area (Å²) < 4.78 is 34.7. The van der Waals surface area contributed by atoms with Crippen molar-refractivity contribution in [2.45, 2.75) is 200 Å². The molecule has 0 spiro atoms. The van der Waals surface area contributed by atoms with Crippen LogP contribution in [0.15, 0.2) is 72.9 Å². The summed E-state index contributed by atoms with van der Waals surface area (Å²) in [6, 6.07) is 0. The highest BCUT2D eigenvalue weighted by Gasteiger charge is 2.20. The molecule has 0 saturated heterocycles. The Bertz CT molecular complexity index is 1200. The van der Waals surface area contributed by atoms with E-state index in [1.165, 1.54) is 89.9 Å². The number of unbranched alkanes of at least 4 members (excludes halogenated alkanes) is 19. The summed E-state index contributed by atoms with van der Waals surface area (Å²) in [6.07, 6.45) is 57.8. The fourth-order valence-corrected chi connectivity index (χ4v) is 7.18. The third-order valence-electron chi connectivity index (χ3n) is 10.2. The highest BCUT2D eigenvalue weighted by atomic mass is 31.2. The van der Waals surface area contributed by atoms with E-state index < -0.39 is 13.9 Å². The number of rotatable bonds is 45. The van der Waals surface area contributed by atoms with Crippen molar-refractivity contribution in [3.63, 3.8) is 0 Å². The van der Waals surface area contributed by atoms with Gasteiger partial charge in [0.1, 0.15) is 19.3 Å². The van der Waals surface area contributed by atoms with Crippen molar-refractivity contribution in [2.75, 3.05) is 54.1 Å². The van der Waals surface area contributed by atoms with Crippen LogP contribution in [0.25, 0.3) is 0 Å². The number of carbonyl (C=O) groups excluding carboxylic acids is 1. The fraction of sp³-hybridized carbons (Fsp3) is 0.750. The van der Waals surface area contributed by atoms with Crippen LogP contribution in [0.3, 0.4) is 0 Å². The monoisotopic (exact) mass is 876 g/mol. The van der Waals surface area contributed by atoms with E-state index in [1.54, 1.807) is 0 Å². The Labute approximate surface area is 376 Å². The average Bonchev–Trinajstić information content (AvgIpc) is 3.22. The van der Waals surface area contributed by atoms with Crippen molar-refractivity contribution >= 4 is 13.8 Å². The second-order valence-electron chi connectivity index (χ2n) is 17.4. The number of phosphoric acid groups is 1. The van der Waals surface area contributed by atoms with Crippen molar-refractivity contribution in [1.29, 1.82) is 0 Å². The van der Waals surface area contributed by atoms with Gasteiger partial charge in [-0.15, -0.1) is 0 Å². The summed E-state index contributed by atoms with van der Waals surface area (Å²) >= 11 is 0. The Morgan fingerprint density at radius 2 is 0.951 bits per heavy atom. The lowest BCUT2D eigenvalue weighted by Crippen LogP contribution is -2.37. The summed E-state index contributed by atoms with van der Waals surface area (Å²) in [6.45, 7) is 5.25. The quantitative estimate of drug-likeness (QED) is 0.0198. The zero-order valence-corrected chi connectivity index (χ0v) is 41.0. The van der Waals surface area contributed by atoms with Crippen LogP contribution in [-0.2, 0) is 27.9 Å². The molecule has 0 aromatic rings. The van der Waals surface area contributed by atoms with Crippen LogP contribution in [0, 0.1) is 0 Å². The second kappa shape index (κ2) is 44.5. The van der Waals surface area contributed by atoms with Crippen LogP contribution in [0.5, 0.6) is 0 Å². The second-order valence-corrected chi connectivity index (χ2v) is 18.8. The molecule has 0 N–H and O–H groups in total. The molecular formula is C52H94NO7P. The lowest BCUT2D eigenvalue weighted by atomic mass is 10.1. The SMILES string of the molecule is CC/C=C\C/C=C\C/C=C\CCCCCCCC(=O)OC(COCCCCCCCCCCC/C=C\C/C=C\C/C=C\CCCCCCC)COP(=O)([O-])OCC[N+](C)(C)C. The van der Waals surface area contributed by atoms with Gasteiger partial charge in [0.05, 0.1) is 34.4 Å². The van der Waals surface area contributed by atoms with E-state index in [1.807, 2.05) is 21.1 Å². The summed E-state index contributed by atoms with van der Waals surface area (Å²) in [5, 5.41) is 0. The van der Waals surface area contributed by atoms with E-state index in [4.69, 9.17) is 18.5 Å². The molecule has 0 bridgehead atoms. The summed E-state index contributed by atoms with van der Waals surface area (Å²) in [5.41, 5.74) is 0. The van der Waals surface area contributed by atoms with Gasteiger partial charge in [-0.05, 0) is 83.5 Å². The fourth-order valence-electron chi connectivity index (χ4n) is 6.45. The molecule has 0 amide bonds. The molecule has 0 rings (SSSR count). The maximum absolute atomic E-state index is 12.7. The van der Waals surface area contributed by atoms with Gasteiger partial charge in [0.2, 0.25) is 0 Å². The molecule has 2 atom stereocenters. The maximum Gasteiger partial charge on any atom is 0.306 e. The van der Waals surface area contributed by atoms with Crippen LogP contribution in [0.2, 0.25) is 0 Å². The number of carbonyl (C=O) groups is 1. The number of hydrogen-bond acceptors (Lipinski definition) is 7. The Balaban J connectivity index is 4.17. The minimum Gasteiger partial charge on any atom is -0.756 e. The van der Waals surface area contributed by atoms with Crippen LogP contribution < -0.4 is 4.89 Å². The number of quaternary nitrogens is 1. The highest BCUT2D eigenvalue weighted by Crippen LogP contribution is 2.38. The molecule has 9 heteroatoms. The van der Waals surface area contributed by atoms with E-state index in [0.29, 0.717) is 17.6 Å². The van der Waals surface area contributed by atoms with E-state index in [2.05, 4.69) is 86.8 Å². The third-order valence-corrected chi connectivity index (χ3v) is 11.2. The summed E-state index contributed by atoms with van der Waals surface area (Å²) in [7, 11) is 1.33. The molecule has 0 aliphatic rings. The van der Waals surface area contributed by atoms with Gasteiger partial charge in [-0.3, -0.25) is 9.36 Å². The number of nitrogens with zero attached hydrogens (tertiary/aromatic N) is 1. The Morgan fingerprint density at radius 1 is 0.525 bits per heavy atom. The molecule has 0 heterocycles. The van der Waals surface area contributed by atoms with Crippen molar-refractivity contribution in [3.8, 4) is 0 Å². The number of ether oxygens (including phenoxy) is 2. The normalized spacial score (nSPS) is 14.3. The number of esters is 1. The first kappa shape index (κ1) is 58.9. The van der Waals surface area contributed by atoms with Crippen molar-refractivity contribution < 1.29 is 37.3 Å². The average molecular weight is 876 g/mol. The van der Waals surface area contributed by atoms with Gasteiger partial charge in [-0.25, -0.2) is 0 Å². The van der Waals surface area contributed by atoms with Crippen molar-refractivity contribution in [3.05, 3.63) is 72.9 Å². The minimum absolute atomic E-state index is 0.0178. The van der Waals surface area contributed by atoms with Gasteiger partial charge in [0, 0.05) is 13.0 Å². The van der Waals surface area contributed by atoms with Crippen LogP contribution >= 0.6 is 7.82 Å². The van der Waals surface area contributed by atoms with Crippen LogP contribution in [0.4, 0.5) is 0 Å². The molecule has 61 heavy (non-hydrogen) atoms. The van der Waals surface area contributed by atoms with Gasteiger partial charge in [0.25, 0.3) is 7.82 Å². The Kier molecular flexibility index (Phi) is 43.0. The molecule has 0 radical (unpaired) electrons. The van der Waals surface area contributed by atoms with Gasteiger partial charge >= 0.3 is 5.97 Å². The van der Waals surface area contributed by atoms with E-state index >= 15 is 0 Å². The van der Waals surface area contributed by atoms with Gasteiger partial charge in [-0.1, -0.05) is 177 Å². The largest absolute Gasteiger partial charge is 0.756 e. The number of hydrogen-bond donors (Lipinski definition) is 0. The molecule has 8 nitrogen and oxygen atoms in total. The molecule has 2 unspecified atom stereocenters. The predicted octanol–water partition coefficient (Wildman–Crippen LogP) is 14.4. The molecule has 354 valence electrons. The molecule has 0 fully saturated rings. The molecule has 0 aromatic heterocycles. The smallest absolute Gasteiger partial charge is 0.306 e. The van der Waals surface area contributed by atoms with Crippen LogP contribution in [0.1, 0.15) is 194 Å². The van der Waals surface area contributed by atoms with E-state index in [0.717, 1.165) is 83.5 Å². The summed E-state index contributed by atoms with van der Waals surface area (Å²) in [4.78, 5) is 25.1. The summed E-state index contributed by atoms with van der Waals surface area (Å²) in [5.74, 6) is -0.355. The molecule has 0 aliphatic heterocycles. The lowest BCUT2D eigenvalue weighted by Gasteiger charge is -2.28. The zero-order chi connectivity index (χ0) is 44.8. The Morgan fingerprint density at radius 3 is 1.43 bits per heavy atom. The Hall–Kier alpha value is -2.06. The van der Waals surface area contributed by atoms with Crippen molar-refractivity contribution in [2.24, 2.45) is 0 Å². The maximum atomic E-state index is 12.7. The van der Waals surface area contributed by atoms with Gasteiger partial charge in [-0.2, -0.15) is 0 Å². The topological polar surface area (TPSA) is 94.1 Å².